The zero-order chi connectivity index (χ0) is 19.5. The molecule has 3 atom stereocenters. The van der Waals surface area contributed by atoms with E-state index < -0.39 is 0 Å². The molecule has 6 nitrogen and oxygen atoms in total. The van der Waals surface area contributed by atoms with E-state index in [9.17, 15) is 4.79 Å². The summed E-state index contributed by atoms with van der Waals surface area (Å²) in [4.78, 5) is 17.3. The maximum absolute atomic E-state index is 12.8. The Morgan fingerprint density at radius 3 is 2.68 bits per heavy atom. The smallest absolute Gasteiger partial charge is 0.317 e. The Morgan fingerprint density at radius 2 is 1.89 bits per heavy atom. The van der Waals surface area contributed by atoms with Crippen LogP contribution in [0.5, 0.6) is 11.5 Å². The second kappa shape index (κ2) is 8.60. The Balaban J connectivity index is 1.32. The maximum atomic E-state index is 12.8. The van der Waals surface area contributed by atoms with Gasteiger partial charge in [-0.15, -0.1) is 0 Å². The average Bonchev–Trinajstić information content (AvgIpc) is 3.17. The molecule has 0 saturated carbocycles. The van der Waals surface area contributed by atoms with Crippen LogP contribution in [-0.2, 0) is 0 Å². The molecule has 0 aliphatic carbocycles. The number of likely N-dealkylation sites (tertiary alicyclic amines) is 2. The van der Waals surface area contributed by atoms with Gasteiger partial charge in [-0.05, 0) is 48.8 Å². The largest absolute Gasteiger partial charge is 0.486 e. The van der Waals surface area contributed by atoms with E-state index in [4.69, 9.17) is 9.47 Å². The predicted molar refractivity (Wildman–Crippen MR) is 109 cm³/mol. The van der Waals surface area contributed by atoms with Gasteiger partial charge in [0.1, 0.15) is 13.2 Å². The summed E-state index contributed by atoms with van der Waals surface area (Å²) >= 11 is 0. The van der Waals surface area contributed by atoms with Crippen molar-refractivity contribution < 1.29 is 14.3 Å². The van der Waals surface area contributed by atoms with Crippen molar-refractivity contribution in [3.05, 3.63) is 23.8 Å². The number of nitrogens with one attached hydrogen (secondary N) is 1. The lowest BCUT2D eigenvalue weighted by molar-refractivity contribution is 0.140. The van der Waals surface area contributed by atoms with Crippen LogP contribution in [0.25, 0.3) is 0 Å². The van der Waals surface area contributed by atoms with E-state index in [0.29, 0.717) is 19.8 Å². The molecule has 0 aromatic heterocycles. The topological polar surface area (TPSA) is 54.0 Å². The van der Waals surface area contributed by atoms with E-state index in [0.717, 1.165) is 67.9 Å². The van der Waals surface area contributed by atoms with Crippen LogP contribution >= 0.6 is 0 Å². The fourth-order valence-corrected chi connectivity index (χ4v) is 5.02. The summed E-state index contributed by atoms with van der Waals surface area (Å²) in [6.07, 6.45) is 3.34. The molecule has 0 radical (unpaired) electrons. The molecule has 1 aromatic carbocycles. The van der Waals surface area contributed by atoms with Crippen LogP contribution < -0.4 is 14.8 Å². The van der Waals surface area contributed by atoms with Gasteiger partial charge in [0.2, 0.25) is 0 Å². The summed E-state index contributed by atoms with van der Waals surface area (Å²) < 4.78 is 11.3. The number of urea groups is 1. The summed E-state index contributed by atoms with van der Waals surface area (Å²) in [6, 6.07) is 6.25. The number of amides is 2. The minimum absolute atomic E-state index is 0.0514. The van der Waals surface area contributed by atoms with Crippen LogP contribution in [0.1, 0.15) is 44.7 Å². The Morgan fingerprint density at radius 1 is 1.14 bits per heavy atom. The van der Waals surface area contributed by atoms with Crippen molar-refractivity contribution in [2.24, 2.45) is 11.8 Å². The monoisotopic (exact) mass is 387 g/mol. The molecule has 1 N–H and O–H groups in total. The molecule has 3 aliphatic heterocycles. The van der Waals surface area contributed by atoms with Crippen molar-refractivity contribution in [3.63, 3.8) is 0 Å². The second-order valence-corrected chi connectivity index (χ2v) is 8.69. The van der Waals surface area contributed by atoms with Crippen molar-refractivity contribution in [2.75, 3.05) is 45.9 Å². The van der Waals surface area contributed by atoms with Gasteiger partial charge in [-0.3, -0.25) is 0 Å². The number of carbonyl (C=O) groups is 1. The van der Waals surface area contributed by atoms with Crippen LogP contribution in [0.2, 0.25) is 0 Å². The predicted octanol–water partition coefficient (Wildman–Crippen LogP) is 3.28. The first-order valence-corrected chi connectivity index (χ1v) is 10.8. The molecule has 0 spiro atoms. The first-order valence-electron chi connectivity index (χ1n) is 10.8. The molecule has 28 heavy (non-hydrogen) atoms. The third kappa shape index (κ3) is 4.37. The molecule has 2 fully saturated rings. The summed E-state index contributed by atoms with van der Waals surface area (Å²) in [5.41, 5.74) is 1.13. The van der Waals surface area contributed by atoms with Crippen LogP contribution in [-0.4, -0.2) is 61.8 Å². The lowest BCUT2D eigenvalue weighted by Gasteiger charge is -2.35. The van der Waals surface area contributed by atoms with Gasteiger partial charge in [-0.1, -0.05) is 19.9 Å². The summed E-state index contributed by atoms with van der Waals surface area (Å²) in [7, 11) is 0. The number of hydrogen-bond donors (Lipinski definition) is 1. The van der Waals surface area contributed by atoms with Crippen molar-refractivity contribution in [2.45, 2.75) is 39.2 Å². The van der Waals surface area contributed by atoms with E-state index in [2.05, 4.69) is 30.1 Å². The fraction of sp³-hybridized carbons (Fsp3) is 0.682. The molecule has 3 unspecified atom stereocenters. The Hall–Kier alpha value is -1.95. The highest BCUT2D eigenvalue weighted by molar-refractivity contribution is 5.75. The Bertz CT molecular complexity index is 686. The number of piperidine rings is 1. The van der Waals surface area contributed by atoms with Crippen LogP contribution in [0, 0.1) is 11.8 Å². The van der Waals surface area contributed by atoms with Gasteiger partial charge >= 0.3 is 6.03 Å². The zero-order valence-electron chi connectivity index (χ0n) is 17.2. The summed E-state index contributed by atoms with van der Waals surface area (Å²) in [6.45, 7) is 10.6. The van der Waals surface area contributed by atoms with Gasteiger partial charge < -0.3 is 24.6 Å². The van der Waals surface area contributed by atoms with Gasteiger partial charge in [-0.2, -0.15) is 0 Å². The highest BCUT2D eigenvalue weighted by Gasteiger charge is 2.31. The van der Waals surface area contributed by atoms with E-state index in [1.54, 1.807) is 0 Å². The first kappa shape index (κ1) is 19.4. The number of nitrogens with zero attached hydrogens (tertiary/aromatic N) is 2. The molecule has 2 saturated heterocycles. The van der Waals surface area contributed by atoms with Gasteiger partial charge in [-0.25, -0.2) is 4.79 Å². The Labute approximate surface area is 168 Å². The minimum Gasteiger partial charge on any atom is -0.486 e. The molecular formula is C22H33N3O3. The number of rotatable bonds is 4. The van der Waals surface area contributed by atoms with Gasteiger partial charge in [0.25, 0.3) is 0 Å². The highest BCUT2D eigenvalue weighted by Crippen LogP contribution is 2.38. The lowest BCUT2D eigenvalue weighted by Crippen LogP contribution is -2.45. The van der Waals surface area contributed by atoms with Crippen LogP contribution in [0.15, 0.2) is 18.2 Å². The number of hydrogen-bond acceptors (Lipinski definition) is 4. The van der Waals surface area contributed by atoms with E-state index in [-0.39, 0.29) is 12.1 Å². The van der Waals surface area contributed by atoms with Crippen molar-refractivity contribution in [3.8, 4) is 11.5 Å². The van der Waals surface area contributed by atoms with E-state index in [1.807, 2.05) is 17.0 Å². The first-order chi connectivity index (χ1) is 13.6. The second-order valence-electron chi connectivity index (χ2n) is 8.69. The van der Waals surface area contributed by atoms with Gasteiger partial charge in [0.15, 0.2) is 11.5 Å². The number of benzene rings is 1. The molecule has 1 aromatic rings. The number of ether oxygens (including phenoxy) is 2. The lowest BCUT2D eigenvalue weighted by atomic mass is 9.92. The van der Waals surface area contributed by atoms with E-state index in [1.165, 1.54) is 6.42 Å². The number of fused-ring (bicyclic) bond motifs is 1. The highest BCUT2D eigenvalue weighted by atomic mass is 16.6. The maximum Gasteiger partial charge on any atom is 0.317 e. The molecule has 6 heteroatoms. The normalized spacial score (nSPS) is 27.6. The zero-order valence-corrected chi connectivity index (χ0v) is 17.2. The average molecular weight is 388 g/mol. The van der Waals surface area contributed by atoms with Crippen molar-refractivity contribution in [1.29, 1.82) is 0 Å². The molecule has 154 valence electrons. The quantitative estimate of drug-likeness (QED) is 0.861. The van der Waals surface area contributed by atoms with Crippen LogP contribution in [0.3, 0.4) is 0 Å². The van der Waals surface area contributed by atoms with Crippen molar-refractivity contribution >= 4 is 6.03 Å². The molecule has 2 amide bonds. The third-order valence-corrected chi connectivity index (χ3v) is 6.11. The van der Waals surface area contributed by atoms with Gasteiger partial charge in [0.05, 0.1) is 6.04 Å². The summed E-state index contributed by atoms with van der Waals surface area (Å²) in [5, 5.41) is 3.15. The molecule has 4 rings (SSSR count). The standard InChI is InChI=1S/C22H33N3O3/c1-16-12-17(2)15-24(14-16)9-7-23-22(26)25-8-3-4-19(25)18-5-6-20-21(13-18)28-11-10-27-20/h5-6,13,16-17,19H,3-4,7-12,14-15H2,1-2H3,(H,23,26). The van der Waals surface area contributed by atoms with Crippen LogP contribution in [0.4, 0.5) is 4.79 Å². The fourth-order valence-electron chi connectivity index (χ4n) is 5.02. The van der Waals surface area contributed by atoms with E-state index >= 15 is 0 Å². The molecule has 3 heterocycles. The number of carbonyl (C=O) groups excluding carboxylic acids is 1. The van der Waals surface area contributed by atoms with Crippen molar-refractivity contribution in [1.82, 2.24) is 15.1 Å². The molecule has 0 bridgehead atoms. The minimum atomic E-state index is 0.0514. The molecular weight excluding hydrogens is 354 g/mol. The summed E-state index contributed by atoms with van der Waals surface area (Å²) in [5.74, 6) is 3.09. The Kier molecular flexibility index (Phi) is 5.95. The van der Waals surface area contributed by atoms with Gasteiger partial charge in [0, 0.05) is 32.7 Å². The third-order valence-electron chi connectivity index (χ3n) is 6.11. The molecule has 3 aliphatic rings. The SMILES string of the molecule is CC1CC(C)CN(CCNC(=O)N2CCCC2c2ccc3c(c2)OCCO3)C1.